The molecule has 6 nitrogen and oxygen atoms in total. The zero-order valence-corrected chi connectivity index (χ0v) is 17.1. The maximum atomic E-state index is 12.9. The molecule has 0 N–H and O–H groups in total. The Bertz CT molecular complexity index is 1180. The largest absolute Gasteiger partial charge is 0.485 e. The van der Waals surface area contributed by atoms with E-state index in [1.54, 1.807) is 12.3 Å². The van der Waals surface area contributed by atoms with E-state index in [0.717, 1.165) is 35.4 Å². The molecule has 1 fully saturated rings. The molecule has 0 aliphatic carbocycles. The second kappa shape index (κ2) is 8.52. The fourth-order valence-electron chi connectivity index (χ4n) is 3.88. The monoisotopic (exact) mass is 413 g/mol. The van der Waals surface area contributed by atoms with Crippen molar-refractivity contribution in [2.75, 3.05) is 31.1 Å². The summed E-state index contributed by atoms with van der Waals surface area (Å²) in [7, 11) is 0. The fourth-order valence-corrected chi connectivity index (χ4v) is 3.88. The Labute approximate surface area is 180 Å². The van der Waals surface area contributed by atoms with Gasteiger partial charge in [0.1, 0.15) is 23.9 Å². The van der Waals surface area contributed by atoms with Gasteiger partial charge in [0.25, 0.3) is 5.91 Å². The highest BCUT2D eigenvalue weighted by molar-refractivity contribution is 5.91. The van der Waals surface area contributed by atoms with E-state index >= 15 is 0 Å². The van der Waals surface area contributed by atoms with Crippen molar-refractivity contribution >= 4 is 22.5 Å². The summed E-state index contributed by atoms with van der Waals surface area (Å²) in [4.78, 5) is 21.3. The molecule has 1 aliphatic rings. The fraction of sp³-hybridized carbons (Fsp3) is 0.200. The van der Waals surface area contributed by atoms with E-state index in [1.807, 2.05) is 59.5 Å². The molecule has 3 heterocycles. The third kappa shape index (κ3) is 4.10. The van der Waals surface area contributed by atoms with Crippen molar-refractivity contribution in [3.05, 3.63) is 90.5 Å². The van der Waals surface area contributed by atoms with Crippen LogP contribution in [-0.2, 0) is 6.61 Å². The highest BCUT2D eigenvalue weighted by Crippen LogP contribution is 2.26. The maximum absolute atomic E-state index is 12.9. The first-order chi connectivity index (χ1) is 15.3. The minimum atomic E-state index is -0.0860. The molecular weight excluding hydrogens is 390 g/mol. The number of benzene rings is 2. The lowest BCUT2D eigenvalue weighted by Crippen LogP contribution is -2.49. The molecule has 5 rings (SSSR count). The lowest BCUT2D eigenvalue weighted by molar-refractivity contribution is 0.0710. The first-order valence-electron chi connectivity index (χ1n) is 10.4. The summed E-state index contributed by atoms with van der Waals surface area (Å²) >= 11 is 0. The third-order valence-corrected chi connectivity index (χ3v) is 5.53. The van der Waals surface area contributed by atoms with Crippen molar-refractivity contribution in [1.29, 1.82) is 0 Å². The highest BCUT2D eigenvalue weighted by atomic mass is 16.5. The van der Waals surface area contributed by atoms with Crippen LogP contribution in [0.1, 0.15) is 16.3 Å². The molecule has 0 atom stereocenters. The topological polar surface area (TPSA) is 58.8 Å². The van der Waals surface area contributed by atoms with E-state index in [2.05, 4.69) is 22.0 Å². The Hall–Kier alpha value is -3.80. The van der Waals surface area contributed by atoms with E-state index in [1.165, 1.54) is 0 Å². The lowest BCUT2D eigenvalue weighted by Gasteiger charge is -2.34. The quantitative estimate of drug-likeness (QED) is 0.486. The zero-order valence-electron chi connectivity index (χ0n) is 17.1. The second-order valence-corrected chi connectivity index (χ2v) is 7.50. The summed E-state index contributed by atoms with van der Waals surface area (Å²) in [6.45, 7) is 3.05. The van der Waals surface area contributed by atoms with Crippen LogP contribution in [0.2, 0.25) is 0 Å². The molecule has 0 saturated carbocycles. The molecular formula is C25H23N3O3. The number of hydrogen-bond donors (Lipinski definition) is 0. The number of piperazine rings is 1. The number of anilines is 1. The van der Waals surface area contributed by atoms with Gasteiger partial charge >= 0.3 is 0 Å². The molecule has 31 heavy (non-hydrogen) atoms. The molecule has 0 bridgehead atoms. The molecule has 0 spiro atoms. The third-order valence-electron chi connectivity index (χ3n) is 5.53. The number of rotatable bonds is 5. The van der Waals surface area contributed by atoms with Gasteiger partial charge in [-0.3, -0.25) is 4.79 Å². The van der Waals surface area contributed by atoms with Gasteiger partial charge in [-0.2, -0.15) is 0 Å². The van der Waals surface area contributed by atoms with Crippen molar-refractivity contribution in [2.24, 2.45) is 0 Å². The summed E-state index contributed by atoms with van der Waals surface area (Å²) in [6, 6.07) is 23.5. The maximum Gasteiger partial charge on any atom is 0.289 e. The van der Waals surface area contributed by atoms with E-state index in [9.17, 15) is 4.79 Å². The number of ether oxygens (including phenoxy) is 1. The second-order valence-electron chi connectivity index (χ2n) is 7.50. The summed E-state index contributed by atoms with van der Waals surface area (Å²) in [5.74, 6) is 2.64. The number of carbonyl (C=O) groups excluding carboxylic acids is 1. The Morgan fingerprint density at radius 3 is 2.55 bits per heavy atom. The smallest absolute Gasteiger partial charge is 0.289 e. The Kier molecular flexibility index (Phi) is 5.27. The van der Waals surface area contributed by atoms with Gasteiger partial charge in [-0.05, 0) is 35.7 Å². The highest BCUT2D eigenvalue weighted by Gasteiger charge is 2.24. The van der Waals surface area contributed by atoms with Crippen LogP contribution < -0.4 is 9.64 Å². The van der Waals surface area contributed by atoms with Gasteiger partial charge in [-0.25, -0.2) is 4.98 Å². The molecule has 6 heteroatoms. The van der Waals surface area contributed by atoms with Crippen molar-refractivity contribution in [2.45, 2.75) is 6.61 Å². The Morgan fingerprint density at radius 2 is 1.71 bits per heavy atom. The summed E-state index contributed by atoms with van der Waals surface area (Å²) in [5.41, 5.74) is 0. The number of furan rings is 1. The van der Waals surface area contributed by atoms with E-state index in [-0.39, 0.29) is 12.5 Å². The van der Waals surface area contributed by atoms with Crippen LogP contribution in [-0.4, -0.2) is 42.0 Å². The van der Waals surface area contributed by atoms with Crippen LogP contribution in [0.15, 0.2) is 83.4 Å². The zero-order chi connectivity index (χ0) is 21.0. The first kappa shape index (κ1) is 19.2. The van der Waals surface area contributed by atoms with Gasteiger partial charge in [-0.1, -0.05) is 42.5 Å². The van der Waals surface area contributed by atoms with Gasteiger partial charge in [-0.15, -0.1) is 0 Å². The molecule has 4 aromatic rings. The molecule has 1 saturated heterocycles. The van der Waals surface area contributed by atoms with Crippen molar-refractivity contribution < 1.29 is 13.9 Å². The molecule has 2 aromatic carbocycles. The number of fused-ring (bicyclic) bond motifs is 1. The number of aromatic nitrogens is 1. The average Bonchev–Trinajstić information content (AvgIpc) is 3.32. The Balaban J connectivity index is 1.20. The predicted molar refractivity (Wildman–Crippen MR) is 119 cm³/mol. The van der Waals surface area contributed by atoms with Crippen molar-refractivity contribution in [3.8, 4) is 5.75 Å². The van der Waals surface area contributed by atoms with Gasteiger partial charge in [0, 0.05) is 37.8 Å². The molecule has 2 aromatic heterocycles. The number of amides is 1. The van der Waals surface area contributed by atoms with Crippen molar-refractivity contribution in [1.82, 2.24) is 9.88 Å². The van der Waals surface area contributed by atoms with Gasteiger partial charge in [0.2, 0.25) is 0 Å². The molecule has 156 valence electrons. The minimum absolute atomic E-state index is 0.0860. The molecule has 1 aliphatic heterocycles. The van der Waals surface area contributed by atoms with E-state index < -0.39 is 0 Å². The standard InChI is InChI=1S/C25H23N3O3/c29-25(28-16-14-27(15-17-28)24-10-3-4-13-26-24)23-12-11-20(31-23)18-30-22-9-5-7-19-6-1-2-8-21(19)22/h1-13H,14-18H2. The van der Waals surface area contributed by atoms with Gasteiger partial charge in [0.15, 0.2) is 5.76 Å². The van der Waals surface area contributed by atoms with Crippen LogP contribution in [0.4, 0.5) is 5.82 Å². The van der Waals surface area contributed by atoms with E-state index in [4.69, 9.17) is 9.15 Å². The average molecular weight is 413 g/mol. The van der Waals surface area contributed by atoms with Crippen LogP contribution in [0, 0.1) is 0 Å². The van der Waals surface area contributed by atoms with Gasteiger partial charge in [0.05, 0.1) is 0 Å². The first-order valence-corrected chi connectivity index (χ1v) is 10.4. The number of nitrogens with zero attached hydrogens (tertiary/aromatic N) is 3. The van der Waals surface area contributed by atoms with Crippen LogP contribution in [0.25, 0.3) is 10.8 Å². The van der Waals surface area contributed by atoms with E-state index in [0.29, 0.717) is 24.6 Å². The van der Waals surface area contributed by atoms with Crippen LogP contribution in [0.5, 0.6) is 5.75 Å². The molecule has 1 amide bonds. The van der Waals surface area contributed by atoms with Crippen molar-refractivity contribution in [3.63, 3.8) is 0 Å². The summed E-state index contributed by atoms with van der Waals surface area (Å²) in [6.07, 6.45) is 1.79. The summed E-state index contributed by atoms with van der Waals surface area (Å²) < 4.78 is 11.8. The summed E-state index contributed by atoms with van der Waals surface area (Å²) in [5, 5.41) is 2.18. The predicted octanol–water partition coefficient (Wildman–Crippen LogP) is 4.37. The SMILES string of the molecule is O=C(c1ccc(COc2cccc3ccccc23)o1)N1CCN(c2ccccn2)CC1. The normalized spacial score (nSPS) is 14.1. The number of pyridine rings is 1. The number of hydrogen-bond acceptors (Lipinski definition) is 5. The van der Waals surface area contributed by atoms with Gasteiger partial charge < -0.3 is 19.0 Å². The van der Waals surface area contributed by atoms with Crippen LogP contribution in [0.3, 0.4) is 0 Å². The Morgan fingerprint density at radius 1 is 0.903 bits per heavy atom. The molecule has 0 unspecified atom stereocenters. The van der Waals surface area contributed by atoms with Crippen LogP contribution >= 0.6 is 0 Å². The minimum Gasteiger partial charge on any atom is -0.485 e. The number of carbonyl (C=O) groups is 1. The lowest BCUT2D eigenvalue weighted by atomic mass is 10.1. The molecule has 0 radical (unpaired) electrons.